The van der Waals surface area contributed by atoms with Gasteiger partial charge in [-0.2, -0.15) is 0 Å². The van der Waals surface area contributed by atoms with Gasteiger partial charge in [0.25, 0.3) is 0 Å². The van der Waals surface area contributed by atoms with E-state index >= 15 is 0 Å². The Bertz CT molecular complexity index is 1480. The Labute approximate surface area is 233 Å². The lowest BCUT2D eigenvalue weighted by atomic mass is 9.83. The van der Waals surface area contributed by atoms with Gasteiger partial charge in [-0.05, 0) is 56.0 Å². The van der Waals surface area contributed by atoms with Crippen LogP contribution in [-0.2, 0) is 20.9 Å². The van der Waals surface area contributed by atoms with Gasteiger partial charge in [-0.25, -0.2) is 4.90 Å². The van der Waals surface area contributed by atoms with E-state index in [2.05, 4.69) is 0 Å². The van der Waals surface area contributed by atoms with E-state index in [1.807, 2.05) is 36.1 Å². The molecule has 10 heteroatoms. The summed E-state index contributed by atoms with van der Waals surface area (Å²) in [4.78, 5) is 57.6. The third-order valence-electron chi connectivity index (χ3n) is 7.57. The summed E-state index contributed by atoms with van der Waals surface area (Å²) < 4.78 is 1.51. The van der Waals surface area contributed by atoms with E-state index in [-0.39, 0.29) is 29.1 Å². The van der Waals surface area contributed by atoms with Crippen molar-refractivity contribution >= 4 is 58.1 Å². The molecule has 3 aliphatic rings. The highest BCUT2D eigenvalue weighted by atomic mass is 35.5. The van der Waals surface area contributed by atoms with Crippen LogP contribution in [0.25, 0.3) is 0 Å². The monoisotopic (exact) mass is 567 g/mol. The molecule has 7 nitrogen and oxygen atoms in total. The molecule has 0 radical (unpaired) electrons. The van der Waals surface area contributed by atoms with Crippen molar-refractivity contribution in [2.24, 2.45) is 5.92 Å². The minimum absolute atomic E-state index is 0.0633. The highest BCUT2D eigenvalue weighted by molar-refractivity contribution is 8.00. The first-order valence-electron chi connectivity index (χ1n) is 12.7. The Morgan fingerprint density at radius 3 is 2.32 bits per heavy atom. The molecule has 4 heterocycles. The van der Waals surface area contributed by atoms with Gasteiger partial charge < -0.3 is 4.90 Å². The Morgan fingerprint density at radius 1 is 0.947 bits per heavy atom. The number of halogens is 1. The molecule has 0 bridgehead atoms. The Balaban J connectivity index is 1.43. The first-order valence-corrected chi connectivity index (χ1v) is 14.8. The standard InChI is InChI=1S/C28H26ClN3O4S2/c1-16-5-11-19(12-6-16)32-25(34)22-21(17-7-9-18(29)10-8-17)24-27(37-23(22)26(32)35)31(28(36)38-24)15-20(33)30-13-3-2-4-14-30/h5-12,21-23H,2-4,13-15H2,1H3/t21-,22-,23+/m0/s1. The molecule has 0 saturated carbocycles. The van der Waals surface area contributed by atoms with E-state index in [0.29, 0.717) is 28.8 Å². The molecular formula is C28H26ClN3O4S2. The van der Waals surface area contributed by atoms with Crippen LogP contribution in [-0.4, -0.2) is 45.5 Å². The first kappa shape index (κ1) is 25.4. The van der Waals surface area contributed by atoms with Crippen LogP contribution in [0.15, 0.2) is 58.4 Å². The van der Waals surface area contributed by atoms with E-state index < -0.39 is 17.1 Å². The number of likely N-dealkylation sites (tertiary alicyclic amines) is 1. The fraction of sp³-hybridized carbons (Fsp3) is 0.357. The SMILES string of the molecule is Cc1ccc(N2C(=O)[C@H]3[C@H](c4ccc(Cl)cc4)c4sc(=O)n(CC(=O)N5CCCCC5)c4S[C@H]3C2=O)cc1. The predicted molar refractivity (Wildman–Crippen MR) is 149 cm³/mol. The predicted octanol–water partition coefficient (Wildman–Crippen LogP) is 4.68. The average molecular weight is 568 g/mol. The number of carbonyl (C=O) groups is 3. The van der Waals surface area contributed by atoms with Gasteiger partial charge in [0.05, 0.1) is 16.6 Å². The molecule has 1 aromatic heterocycles. The molecule has 196 valence electrons. The minimum atomic E-state index is -0.706. The van der Waals surface area contributed by atoms with Crippen molar-refractivity contribution < 1.29 is 14.4 Å². The van der Waals surface area contributed by atoms with E-state index in [0.717, 1.165) is 46.6 Å². The molecule has 0 spiro atoms. The normalized spacial score (nSPS) is 22.9. The molecule has 3 aliphatic heterocycles. The zero-order valence-electron chi connectivity index (χ0n) is 20.8. The largest absolute Gasteiger partial charge is 0.341 e. The quantitative estimate of drug-likeness (QED) is 0.428. The third kappa shape index (κ3) is 4.30. The first-order chi connectivity index (χ1) is 18.3. The van der Waals surface area contributed by atoms with Crippen molar-refractivity contribution in [2.75, 3.05) is 18.0 Å². The maximum atomic E-state index is 13.9. The van der Waals surface area contributed by atoms with Gasteiger partial charge in [0, 0.05) is 28.9 Å². The summed E-state index contributed by atoms with van der Waals surface area (Å²) in [6.45, 7) is 3.28. The second-order valence-corrected chi connectivity index (χ2v) is 12.6. The van der Waals surface area contributed by atoms with Crippen LogP contribution in [0.2, 0.25) is 5.02 Å². The maximum Gasteiger partial charge on any atom is 0.308 e. The highest BCUT2D eigenvalue weighted by Crippen LogP contribution is 2.54. The number of hydrogen-bond acceptors (Lipinski definition) is 6. The fourth-order valence-corrected chi connectivity index (χ4v) is 8.51. The van der Waals surface area contributed by atoms with Crippen LogP contribution in [0.1, 0.15) is 41.2 Å². The summed E-state index contributed by atoms with van der Waals surface area (Å²) in [5.41, 5.74) is 2.38. The van der Waals surface area contributed by atoms with Crippen molar-refractivity contribution in [3.05, 3.63) is 79.2 Å². The molecule has 38 heavy (non-hydrogen) atoms. The lowest BCUT2D eigenvalue weighted by Gasteiger charge is -2.31. The zero-order chi connectivity index (χ0) is 26.6. The Hall–Kier alpha value is -2.88. The summed E-state index contributed by atoms with van der Waals surface area (Å²) in [6.07, 6.45) is 3.03. The Morgan fingerprint density at radius 2 is 1.63 bits per heavy atom. The van der Waals surface area contributed by atoms with Crippen LogP contribution in [0, 0.1) is 12.8 Å². The number of carbonyl (C=O) groups excluding carboxylic acids is 3. The topological polar surface area (TPSA) is 79.7 Å². The van der Waals surface area contributed by atoms with Crippen molar-refractivity contribution in [3.8, 4) is 0 Å². The molecule has 2 saturated heterocycles. The van der Waals surface area contributed by atoms with E-state index in [1.54, 1.807) is 24.3 Å². The smallest absolute Gasteiger partial charge is 0.308 e. The maximum absolute atomic E-state index is 13.9. The third-order valence-corrected chi connectivity index (χ3v) is 10.4. The number of hydrogen-bond donors (Lipinski definition) is 0. The molecule has 2 aromatic carbocycles. The lowest BCUT2D eigenvalue weighted by molar-refractivity contribution is -0.133. The summed E-state index contributed by atoms with van der Waals surface area (Å²) in [6, 6.07) is 14.5. The number of nitrogens with zero attached hydrogens (tertiary/aromatic N) is 3. The van der Waals surface area contributed by atoms with Gasteiger partial charge in [0.15, 0.2) is 0 Å². The number of anilines is 1. The molecule has 2 fully saturated rings. The number of benzene rings is 2. The van der Waals surface area contributed by atoms with Crippen molar-refractivity contribution in [1.82, 2.24) is 9.47 Å². The molecule has 0 unspecified atom stereocenters. The number of imide groups is 1. The van der Waals surface area contributed by atoms with Gasteiger partial charge in [-0.15, -0.1) is 0 Å². The molecule has 3 amide bonds. The van der Waals surface area contributed by atoms with Crippen molar-refractivity contribution in [2.45, 2.75) is 48.9 Å². The zero-order valence-corrected chi connectivity index (χ0v) is 23.2. The summed E-state index contributed by atoms with van der Waals surface area (Å²) in [7, 11) is 0. The van der Waals surface area contributed by atoms with Crippen LogP contribution >= 0.6 is 34.7 Å². The average Bonchev–Trinajstić information content (AvgIpc) is 3.36. The fourth-order valence-electron chi connectivity index (χ4n) is 5.61. The number of amides is 3. The summed E-state index contributed by atoms with van der Waals surface area (Å²) in [5, 5.41) is 0.462. The van der Waals surface area contributed by atoms with Gasteiger partial charge in [-0.3, -0.25) is 23.7 Å². The second kappa shape index (κ2) is 10.0. The number of piperidine rings is 1. The number of rotatable bonds is 4. The lowest BCUT2D eigenvalue weighted by Crippen LogP contribution is -2.39. The molecule has 6 rings (SSSR count). The molecule has 3 aromatic rings. The number of fused-ring (bicyclic) bond motifs is 2. The number of thioether (sulfide) groups is 1. The van der Waals surface area contributed by atoms with Crippen LogP contribution < -0.4 is 9.77 Å². The summed E-state index contributed by atoms with van der Waals surface area (Å²) >= 11 is 8.47. The van der Waals surface area contributed by atoms with Gasteiger partial charge in [0.2, 0.25) is 17.7 Å². The molecular weight excluding hydrogens is 542 g/mol. The molecule has 0 aliphatic carbocycles. The second-order valence-electron chi connectivity index (χ2n) is 10.0. The Kier molecular flexibility index (Phi) is 6.70. The van der Waals surface area contributed by atoms with Crippen molar-refractivity contribution in [3.63, 3.8) is 0 Å². The van der Waals surface area contributed by atoms with Gasteiger partial charge >= 0.3 is 4.87 Å². The highest BCUT2D eigenvalue weighted by Gasteiger charge is 2.56. The number of aryl methyl sites for hydroxylation is 1. The van der Waals surface area contributed by atoms with Crippen LogP contribution in [0.3, 0.4) is 0 Å². The number of thiazole rings is 1. The van der Waals surface area contributed by atoms with Gasteiger partial charge in [-0.1, -0.05) is 64.5 Å². The van der Waals surface area contributed by atoms with Crippen LogP contribution in [0.5, 0.6) is 0 Å². The summed E-state index contributed by atoms with van der Waals surface area (Å²) in [5.74, 6) is -1.84. The molecule has 0 N–H and O–H groups in total. The van der Waals surface area contributed by atoms with E-state index in [1.165, 1.54) is 21.2 Å². The van der Waals surface area contributed by atoms with Crippen molar-refractivity contribution in [1.29, 1.82) is 0 Å². The van der Waals surface area contributed by atoms with E-state index in [4.69, 9.17) is 11.6 Å². The van der Waals surface area contributed by atoms with Gasteiger partial charge in [0.1, 0.15) is 11.8 Å². The molecule has 3 atom stereocenters. The number of aromatic nitrogens is 1. The minimum Gasteiger partial charge on any atom is -0.341 e. The van der Waals surface area contributed by atoms with Crippen LogP contribution in [0.4, 0.5) is 5.69 Å². The van der Waals surface area contributed by atoms with E-state index in [9.17, 15) is 19.2 Å².